The monoisotopic (exact) mass is 423 g/mol. The van der Waals surface area contributed by atoms with Crippen molar-refractivity contribution in [3.63, 3.8) is 0 Å². The van der Waals surface area contributed by atoms with Crippen molar-refractivity contribution in [2.75, 3.05) is 6.61 Å². The lowest BCUT2D eigenvalue weighted by atomic mass is 10.1. The summed E-state index contributed by atoms with van der Waals surface area (Å²) in [5, 5.41) is 4.28. The average Bonchev–Trinajstić information content (AvgIpc) is 3.27. The molecule has 0 aliphatic rings. The van der Waals surface area contributed by atoms with Crippen molar-refractivity contribution in [1.29, 1.82) is 0 Å². The van der Waals surface area contributed by atoms with Gasteiger partial charge in [-0.1, -0.05) is 56.2 Å². The highest BCUT2D eigenvalue weighted by Crippen LogP contribution is 2.31. The maximum absolute atomic E-state index is 6.55. The van der Waals surface area contributed by atoms with E-state index in [0.717, 1.165) is 41.9 Å². The quantitative estimate of drug-likeness (QED) is 0.290. The third kappa shape index (κ3) is 6.31. The predicted octanol–water partition coefficient (Wildman–Crippen LogP) is 5.34. The van der Waals surface area contributed by atoms with Crippen LogP contribution >= 0.6 is 0 Å². The topological polar surface area (TPSA) is 58.4 Å². The van der Waals surface area contributed by atoms with Crippen molar-refractivity contribution in [1.82, 2.24) is 14.8 Å². The maximum atomic E-state index is 6.55. The first-order chi connectivity index (χ1) is 15.0. The van der Waals surface area contributed by atoms with E-state index in [9.17, 15) is 0 Å². The first kappa shape index (κ1) is 22.8. The van der Waals surface area contributed by atoms with E-state index in [-0.39, 0.29) is 0 Å². The Balaban J connectivity index is 1.94. The second-order valence-corrected chi connectivity index (χ2v) is 7.94. The molecule has 1 atom stereocenters. The van der Waals surface area contributed by atoms with Crippen molar-refractivity contribution in [3.8, 4) is 11.5 Å². The molecule has 0 saturated heterocycles. The van der Waals surface area contributed by atoms with Crippen molar-refractivity contribution in [2.45, 2.75) is 65.4 Å². The van der Waals surface area contributed by atoms with Crippen LogP contribution in [0.1, 0.15) is 44.2 Å². The van der Waals surface area contributed by atoms with Gasteiger partial charge in [-0.05, 0) is 43.5 Å². The highest BCUT2D eigenvalue weighted by Gasteiger charge is 2.41. The molecule has 1 heterocycles. The van der Waals surface area contributed by atoms with Gasteiger partial charge in [-0.15, -0.1) is 0 Å². The summed E-state index contributed by atoms with van der Waals surface area (Å²) in [7, 11) is 0. The molecule has 0 radical (unpaired) electrons. The Hall–Kier alpha value is -2.86. The molecule has 0 aliphatic heterocycles. The van der Waals surface area contributed by atoms with Crippen LogP contribution in [0.4, 0.5) is 0 Å². The van der Waals surface area contributed by atoms with Gasteiger partial charge >= 0.3 is 0 Å². The van der Waals surface area contributed by atoms with Gasteiger partial charge in [-0.3, -0.25) is 4.68 Å². The number of unbranched alkanes of at least 4 members (excludes halogenated alkanes) is 2. The van der Waals surface area contributed by atoms with Crippen LogP contribution in [0.3, 0.4) is 0 Å². The van der Waals surface area contributed by atoms with Crippen LogP contribution in [-0.4, -0.2) is 33.3 Å². The van der Waals surface area contributed by atoms with Gasteiger partial charge in [0.25, 0.3) is 5.79 Å². The molecule has 0 spiro atoms. The van der Waals surface area contributed by atoms with E-state index in [1.807, 2.05) is 69.3 Å². The number of benzene rings is 2. The number of aromatic nitrogens is 3. The van der Waals surface area contributed by atoms with Gasteiger partial charge in [0.05, 0.1) is 6.54 Å². The van der Waals surface area contributed by atoms with Gasteiger partial charge in [0.1, 0.15) is 24.2 Å². The number of hydrogen-bond acceptors (Lipinski definition) is 5. The first-order valence-corrected chi connectivity index (χ1v) is 10.9. The number of hydrogen-bond donors (Lipinski definition) is 0. The lowest BCUT2D eigenvalue weighted by Crippen LogP contribution is -2.53. The van der Waals surface area contributed by atoms with Crippen molar-refractivity contribution in [3.05, 3.63) is 72.3 Å². The Morgan fingerprint density at radius 2 is 1.55 bits per heavy atom. The molecule has 0 bridgehead atoms. The van der Waals surface area contributed by atoms with Crippen LogP contribution in [0.5, 0.6) is 11.5 Å². The second kappa shape index (κ2) is 11.0. The van der Waals surface area contributed by atoms with Crippen LogP contribution in [-0.2, 0) is 11.3 Å². The molecule has 6 heteroatoms. The van der Waals surface area contributed by atoms with Crippen molar-refractivity contribution >= 4 is 0 Å². The van der Waals surface area contributed by atoms with E-state index >= 15 is 0 Å². The summed E-state index contributed by atoms with van der Waals surface area (Å²) in [5.74, 6) is 0.440. The highest BCUT2D eigenvalue weighted by molar-refractivity contribution is 5.34. The second-order valence-electron chi connectivity index (χ2n) is 7.94. The average molecular weight is 424 g/mol. The fraction of sp³-hybridized carbons (Fsp3) is 0.440. The molecule has 3 rings (SSSR count). The summed E-state index contributed by atoms with van der Waals surface area (Å²) >= 11 is 0. The summed E-state index contributed by atoms with van der Waals surface area (Å²) in [5.41, 5.74) is 2.07. The summed E-state index contributed by atoms with van der Waals surface area (Å²) < 4.78 is 21.2. The Labute approximate surface area is 185 Å². The number of para-hydroxylation sites is 2. The van der Waals surface area contributed by atoms with Gasteiger partial charge in [-0.25, -0.2) is 4.98 Å². The van der Waals surface area contributed by atoms with Gasteiger partial charge in [0.15, 0.2) is 6.10 Å². The number of rotatable bonds is 12. The number of aryl methyl sites for hydroxylation is 2. The van der Waals surface area contributed by atoms with E-state index in [1.54, 1.807) is 11.0 Å². The van der Waals surface area contributed by atoms with Crippen LogP contribution in [0.2, 0.25) is 0 Å². The number of ether oxygens (including phenoxy) is 3. The Morgan fingerprint density at radius 3 is 2.06 bits per heavy atom. The zero-order valence-corrected chi connectivity index (χ0v) is 19.0. The van der Waals surface area contributed by atoms with E-state index in [2.05, 4.69) is 17.0 Å². The first-order valence-electron chi connectivity index (χ1n) is 10.9. The molecule has 6 nitrogen and oxygen atoms in total. The molecule has 0 fully saturated rings. The third-order valence-electron chi connectivity index (χ3n) is 5.28. The Kier molecular flexibility index (Phi) is 8.06. The standard InChI is InChI=1S/C25H33N3O3/c1-5-6-11-16-29-24(17-28-19-26-18-27-28)25(4,30-22-14-9-7-12-20(22)2)31-23-15-10-8-13-21(23)3/h7-10,12-15,18-19,24H,5-6,11,16-17H2,1-4H3. The van der Waals surface area contributed by atoms with Crippen molar-refractivity contribution < 1.29 is 14.2 Å². The minimum Gasteiger partial charge on any atom is -0.450 e. The molecule has 1 unspecified atom stereocenters. The normalized spacial score (nSPS) is 12.5. The molecule has 0 amide bonds. The van der Waals surface area contributed by atoms with E-state index in [0.29, 0.717) is 13.2 Å². The zero-order valence-electron chi connectivity index (χ0n) is 19.0. The smallest absolute Gasteiger partial charge is 0.276 e. The molecule has 3 aromatic rings. The molecular formula is C25H33N3O3. The Bertz CT molecular complexity index is 880. The minimum atomic E-state index is -1.09. The molecule has 31 heavy (non-hydrogen) atoms. The van der Waals surface area contributed by atoms with Gasteiger partial charge in [-0.2, -0.15) is 5.10 Å². The molecule has 0 aliphatic carbocycles. The van der Waals surface area contributed by atoms with E-state index in [4.69, 9.17) is 14.2 Å². The number of nitrogens with zero attached hydrogens (tertiary/aromatic N) is 3. The lowest BCUT2D eigenvalue weighted by Gasteiger charge is -2.38. The summed E-state index contributed by atoms with van der Waals surface area (Å²) in [6.45, 7) is 9.25. The Morgan fingerprint density at radius 1 is 0.935 bits per heavy atom. The summed E-state index contributed by atoms with van der Waals surface area (Å²) in [4.78, 5) is 4.08. The zero-order chi connectivity index (χ0) is 22.1. The molecule has 0 saturated carbocycles. The fourth-order valence-corrected chi connectivity index (χ4v) is 3.38. The lowest BCUT2D eigenvalue weighted by molar-refractivity contribution is -0.197. The van der Waals surface area contributed by atoms with Gasteiger partial charge in [0.2, 0.25) is 0 Å². The van der Waals surface area contributed by atoms with Gasteiger partial charge in [0, 0.05) is 13.5 Å². The largest absolute Gasteiger partial charge is 0.450 e. The van der Waals surface area contributed by atoms with Crippen molar-refractivity contribution in [2.24, 2.45) is 0 Å². The molecule has 1 aromatic heterocycles. The fourth-order valence-electron chi connectivity index (χ4n) is 3.38. The van der Waals surface area contributed by atoms with Crippen LogP contribution in [0, 0.1) is 13.8 Å². The third-order valence-corrected chi connectivity index (χ3v) is 5.28. The molecular weight excluding hydrogens is 390 g/mol. The molecule has 2 aromatic carbocycles. The molecule has 166 valence electrons. The van der Waals surface area contributed by atoms with Crippen LogP contribution in [0.15, 0.2) is 61.2 Å². The summed E-state index contributed by atoms with van der Waals surface area (Å²) in [6, 6.07) is 15.9. The van der Waals surface area contributed by atoms with Crippen LogP contribution < -0.4 is 9.47 Å². The van der Waals surface area contributed by atoms with E-state index < -0.39 is 11.9 Å². The molecule has 0 N–H and O–H groups in total. The van der Waals surface area contributed by atoms with Crippen LogP contribution in [0.25, 0.3) is 0 Å². The summed E-state index contributed by atoms with van der Waals surface area (Å²) in [6.07, 6.45) is 6.03. The van der Waals surface area contributed by atoms with Gasteiger partial charge < -0.3 is 14.2 Å². The minimum absolute atomic E-state index is 0.412. The SMILES string of the molecule is CCCCCOC(Cn1cncn1)C(C)(Oc1ccccc1C)Oc1ccccc1C. The van der Waals surface area contributed by atoms with E-state index in [1.165, 1.54) is 6.33 Å². The maximum Gasteiger partial charge on any atom is 0.276 e. The predicted molar refractivity (Wildman–Crippen MR) is 121 cm³/mol. The highest BCUT2D eigenvalue weighted by atomic mass is 16.7.